The molecular formula is C23H15ClN4O3S. The van der Waals surface area contributed by atoms with Crippen LogP contribution >= 0.6 is 22.9 Å². The van der Waals surface area contributed by atoms with Crippen molar-refractivity contribution in [1.29, 1.82) is 0 Å². The van der Waals surface area contributed by atoms with Gasteiger partial charge < -0.3 is 4.98 Å². The number of H-pyrrole nitrogens is 1. The molecule has 0 bridgehead atoms. The SMILES string of the molecule is Cc1cn2c(C=CC(=O)c3c[nH]c4ccccc34)c(-c3ccc(Cl)c([N+](=O)[O-])c3)nc2s1. The molecule has 1 N–H and O–H groups in total. The van der Waals surface area contributed by atoms with E-state index in [9.17, 15) is 14.9 Å². The van der Waals surface area contributed by atoms with Crippen molar-refractivity contribution in [3.05, 3.63) is 92.2 Å². The molecule has 0 fully saturated rings. The summed E-state index contributed by atoms with van der Waals surface area (Å²) in [4.78, 5) is 33.3. The van der Waals surface area contributed by atoms with E-state index >= 15 is 0 Å². The fourth-order valence-electron chi connectivity index (χ4n) is 3.66. The molecule has 0 atom stereocenters. The Bertz CT molecular complexity index is 1560. The first kappa shape index (κ1) is 20.2. The van der Waals surface area contributed by atoms with Gasteiger partial charge in [-0.3, -0.25) is 19.3 Å². The second-order valence-corrected chi connectivity index (χ2v) is 8.83. The molecule has 0 saturated heterocycles. The fraction of sp³-hybridized carbons (Fsp3) is 0.0435. The van der Waals surface area contributed by atoms with Crippen molar-refractivity contribution < 1.29 is 9.72 Å². The zero-order valence-corrected chi connectivity index (χ0v) is 18.3. The smallest absolute Gasteiger partial charge is 0.288 e. The van der Waals surface area contributed by atoms with Gasteiger partial charge in [0.1, 0.15) is 5.02 Å². The summed E-state index contributed by atoms with van der Waals surface area (Å²) < 4.78 is 1.88. The van der Waals surface area contributed by atoms with Crippen LogP contribution in [-0.4, -0.2) is 25.1 Å². The largest absolute Gasteiger partial charge is 0.360 e. The maximum atomic E-state index is 13.0. The molecule has 5 rings (SSSR count). The van der Waals surface area contributed by atoms with Gasteiger partial charge in [0, 0.05) is 45.4 Å². The van der Waals surface area contributed by atoms with Gasteiger partial charge in [0.25, 0.3) is 5.69 Å². The molecule has 2 aromatic carbocycles. The molecule has 32 heavy (non-hydrogen) atoms. The van der Waals surface area contributed by atoms with Gasteiger partial charge in [-0.1, -0.05) is 35.9 Å². The third-order valence-corrected chi connectivity index (χ3v) is 6.36. The molecule has 0 unspecified atom stereocenters. The topological polar surface area (TPSA) is 93.3 Å². The minimum Gasteiger partial charge on any atom is -0.360 e. The summed E-state index contributed by atoms with van der Waals surface area (Å²) in [5, 5.41) is 12.3. The first-order valence-electron chi connectivity index (χ1n) is 9.63. The summed E-state index contributed by atoms with van der Waals surface area (Å²) in [5.41, 5.74) is 3.02. The summed E-state index contributed by atoms with van der Waals surface area (Å²) in [6, 6.07) is 12.2. The number of thiazole rings is 1. The zero-order valence-electron chi connectivity index (χ0n) is 16.7. The fourth-order valence-corrected chi connectivity index (χ4v) is 4.68. The van der Waals surface area contributed by atoms with Crippen molar-refractivity contribution in [3.8, 4) is 11.3 Å². The van der Waals surface area contributed by atoms with Crippen LogP contribution in [0.2, 0.25) is 5.02 Å². The number of nitrogens with zero attached hydrogens (tertiary/aromatic N) is 3. The Hall–Kier alpha value is -3.75. The number of halogens is 1. The quantitative estimate of drug-likeness (QED) is 0.143. The maximum Gasteiger partial charge on any atom is 0.288 e. The van der Waals surface area contributed by atoms with Gasteiger partial charge in [0.05, 0.1) is 16.3 Å². The molecule has 3 aromatic heterocycles. The molecule has 0 amide bonds. The van der Waals surface area contributed by atoms with Crippen LogP contribution in [0, 0.1) is 17.0 Å². The Kier molecular flexibility index (Phi) is 4.88. The summed E-state index contributed by atoms with van der Waals surface area (Å²) in [6.45, 7) is 1.97. The molecule has 0 spiro atoms. The van der Waals surface area contributed by atoms with Crippen LogP contribution in [0.3, 0.4) is 0 Å². The number of allylic oxidation sites excluding steroid dienone is 1. The highest BCUT2D eigenvalue weighted by Gasteiger charge is 2.19. The molecule has 3 heterocycles. The number of carbonyl (C=O) groups is 1. The number of nitrogens with one attached hydrogen (secondary N) is 1. The van der Waals surface area contributed by atoms with E-state index in [4.69, 9.17) is 11.6 Å². The predicted octanol–water partition coefficient (Wildman–Crippen LogP) is 6.31. The molecule has 5 aromatic rings. The molecule has 0 saturated carbocycles. The lowest BCUT2D eigenvalue weighted by Crippen LogP contribution is -1.94. The van der Waals surface area contributed by atoms with Crippen LogP contribution < -0.4 is 0 Å². The van der Waals surface area contributed by atoms with Crippen LogP contribution in [0.1, 0.15) is 20.9 Å². The lowest BCUT2D eigenvalue weighted by Gasteiger charge is -2.02. The van der Waals surface area contributed by atoms with Crippen molar-refractivity contribution >= 4 is 56.3 Å². The number of nitro groups is 1. The Balaban J connectivity index is 1.61. The second kappa shape index (κ2) is 7.74. The zero-order chi connectivity index (χ0) is 22.4. The Morgan fingerprint density at radius 3 is 2.91 bits per heavy atom. The molecule has 9 heteroatoms. The van der Waals surface area contributed by atoms with Crippen LogP contribution in [0.4, 0.5) is 5.69 Å². The number of para-hydroxylation sites is 1. The molecule has 0 aliphatic carbocycles. The van der Waals surface area contributed by atoms with Crippen LogP contribution in [0.5, 0.6) is 0 Å². The van der Waals surface area contributed by atoms with Gasteiger partial charge in [0.15, 0.2) is 10.7 Å². The van der Waals surface area contributed by atoms with Gasteiger partial charge in [0.2, 0.25) is 0 Å². The summed E-state index contributed by atoms with van der Waals surface area (Å²) >= 11 is 7.47. The highest BCUT2D eigenvalue weighted by atomic mass is 35.5. The molecular weight excluding hydrogens is 448 g/mol. The Morgan fingerprint density at radius 1 is 1.28 bits per heavy atom. The number of aromatic amines is 1. The summed E-state index contributed by atoms with van der Waals surface area (Å²) in [5.74, 6) is -0.155. The van der Waals surface area contributed by atoms with E-state index in [2.05, 4.69) is 9.97 Å². The van der Waals surface area contributed by atoms with E-state index in [1.807, 2.05) is 41.8 Å². The van der Waals surface area contributed by atoms with Gasteiger partial charge >= 0.3 is 0 Å². The lowest BCUT2D eigenvalue weighted by atomic mass is 10.1. The molecule has 0 aliphatic rings. The number of fused-ring (bicyclic) bond motifs is 2. The molecule has 0 radical (unpaired) electrons. The van der Waals surface area contributed by atoms with Crippen molar-refractivity contribution in [2.24, 2.45) is 0 Å². The van der Waals surface area contributed by atoms with Gasteiger partial charge in [-0.05, 0) is 31.2 Å². The number of imidazole rings is 1. The third-order valence-electron chi connectivity index (χ3n) is 5.14. The number of ketones is 1. The summed E-state index contributed by atoms with van der Waals surface area (Å²) in [6.07, 6.45) is 6.82. The number of benzene rings is 2. The Labute approximate surface area is 190 Å². The van der Waals surface area contributed by atoms with E-state index in [1.165, 1.54) is 29.5 Å². The molecule has 0 aliphatic heterocycles. The van der Waals surface area contributed by atoms with E-state index in [0.717, 1.165) is 20.7 Å². The van der Waals surface area contributed by atoms with E-state index in [-0.39, 0.29) is 16.5 Å². The molecule has 158 valence electrons. The minimum absolute atomic E-state index is 0.0576. The lowest BCUT2D eigenvalue weighted by molar-refractivity contribution is -0.384. The highest BCUT2D eigenvalue weighted by Crippen LogP contribution is 2.34. The average molecular weight is 463 g/mol. The van der Waals surface area contributed by atoms with Crippen molar-refractivity contribution in [2.45, 2.75) is 6.92 Å². The van der Waals surface area contributed by atoms with Gasteiger partial charge in [-0.2, -0.15) is 0 Å². The number of rotatable bonds is 5. The van der Waals surface area contributed by atoms with E-state index < -0.39 is 4.92 Å². The van der Waals surface area contributed by atoms with Crippen LogP contribution in [0.15, 0.2) is 60.9 Å². The van der Waals surface area contributed by atoms with E-state index in [1.54, 1.807) is 18.3 Å². The first-order valence-corrected chi connectivity index (χ1v) is 10.8. The van der Waals surface area contributed by atoms with E-state index in [0.29, 0.717) is 22.5 Å². The monoisotopic (exact) mass is 462 g/mol. The van der Waals surface area contributed by atoms with Crippen LogP contribution in [-0.2, 0) is 0 Å². The third kappa shape index (κ3) is 3.39. The van der Waals surface area contributed by atoms with Crippen molar-refractivity contribution in [3.63, 3.8) is 0 Å². The number of nitro benzene ring substituents is 1. The predicted molar refractivity (Wildman–Crippen MR) is 127 cm³/mol. The number of aryl methyl sites for hydroxylation is 1. The number of hydrogen-bond acceptors (Lipinski definition) is 5. The number of aromatic nitrogens is 3. The normalized spacial score (nSPS) is 11.7. The maximum absolute atomic E-state index is 13.0. The number of carbonyl (C=O) groups excluding carboxylic acids is 1. The van der Waals surface area contributed by atoms with Gasteiger partial charge in [-0.15, -0.1) is 11.3 Å². The van der Waals surface area contributed by atoms with Gasteiger partial charge in [-0.25, -0.2) is 4.98 Å². The summed E-state index contributed by atoms with van der Waals surface area (Å²) in [7, 11) is 0. The second-order valence-electron chi connectivity index (χ2n) is 7.21. The van der Waals surface area contributed by atoms with Crippen molar-refractivity contribution in [1.82, 2.24) is 14.4 Å². The molecule has 7 nitrogen and oxygen atoms in total. The number of hydrogen-bond donors (Lipinski definition) is 1. The highest BCUT2D eigenvalue weighted by molar-refractivity contribution is 7.17. The minimum atomic E-state index is -0.523. The standard InChI is InChI=1S/C23H15ClN4O3S/c1-13-12-27-19(8-9-21(29)16-11-25-18-5-3-2-4-15(16)18)22(26-23(27)32-13)14-6-7-17(24)20(10-14)28(30)31/h2-12,25H,1H3. The average Bonchev–Trinajstić information content (AvgIpc) is 3.44. The van der Waals surface area contributed by atoms with Crippen molar-refractivity contribution in [2.75, 3.05) is 0 Å². The Morgan fingerprint density at radius 2 is 2.09 bits per heavy atom. The first-order chi connectivity index (χ1) is 15.4. The van der Waals surface area contributed by atoms with Crippen LogP contribution in [0.25, 0.3) is 33.2 Å².